The standard InChI is InChI=1S/C9H10FNO/c10-8-2-1-6(12)5-7(8)9-3-4-11-9/h1-2,5,9,11-12H,3-4H2/t9-/m1/s1. The van der Waals surface area contributed by atoms with Gasteiger partial charge in [0.25, 0.3) is 0 Å². The molecule has 1 aromatic rings. The molecule has 12 heavy (non-hydrogen) atoms. The summed E-state index contributed by atoms with van der Waals surface area (Å²) in [5.74, 6) is -0.120. The van der Waals surface area contributed by atoms with Crippen molar-refractivity contribution in [1.82, 2.24) is 5.32 Å². The molecule has 1 aromatic carbocycles. The molecule has 0 amide bonds. The van der Waals surface area contributed by atoms with Crippen LogP contribution in [0.2, 0.25) is 0 Å². The lowest BCUT2D eigenvalue weighted by Crippen LogP contribution is -2.35. The van der Waals surface area contributed by atoms with Gasteiger partial charge in [-0.05, 0) is 31.2 Å². The van der Waals surface area contributed by atoms with E-state index < -0.39 is 0 Å². The first-order valence-electron chi connectivity index (χ1n) is 3.99. The highest BCUT2D eigenvalue weighted by molar-refractivity contribution is 5.31. The van der Waals surface area contributed by atoms with E-state index in [-0.39, 0.29) is 17.6 Å². The SMILES string of the molecule is Oc1ccc(F)c([C@H]2CCN2)c1. The Bertz CT molecular complexity index is 297. The normalized spacial score (nSPS) is 21.9. The maximum absolute atomic E-state index is 13.1. The first kappa shape index (κ1) is 7.55. The Labute approximate surface area is 70.0 Å². The highest BCUT2D eigenvalue weighted by Crippen LogP contribution is 2.27. The van der Waals surface area contributed by atoms with Gasteiger partial charge in [0.1, 0.15) is 11.6 Å². The van der Waals surface area contributed by atoms with E-state index in [1.165, 1.54) is 18.2 Å². The van der Waals surface area contributed by atoms with Crippen LogP contribution in [0.3, 0.4) is 0 Å². The van der Waals surface area contributed by atoms with Crippen LogP contribution in [0.25, 0.3) is 0 Å². The van der Waals surface area contributed by atoms with Gasteiger partial charge in [-0.25, -0.2) is 4.39 Å². The molecule has 1 heterocycles. The molecule has 0 bridgehead atoms. The predicted octanol–water partition coefficient (Wildman–Crippen LogP) is 1.57. The lowest BCUT2D eigenvalue weighted by Gasteiger charge is -2.28. The maximum Gasteiger partial charge on any atom is 0.128 e. The fourth-order valence-electron chi connectivity index (χ4n) is 1.35. The molecule has 1 saturated heterocycles. The number of phenolic OH excluding ortho intramolecular Hbond substituents is 1. The molecule has 0 aliphatic carbocycles. The summed E-state index contributed by atoms with van der Waals surface area (Å²) >= 11 is 0. The molecule has 0 aromatic heterocycles. The van der Waals surface area contributed by atoms with Gasteiger partial charge >= 0.3 is 0 Å². The average molecular weight is 167 g/mol. The molecule has 0 radical (unpaired) electrons. The fraction of sp³-hybridized carbons (Fsp3) is 0.333. The molecule has 1 aliphatic heterocycles. The first-order valence-corrected chi connectivity index (χ1v) is 3.99. The second-order valence-electron chi connectivity index (χ2n) is 3.00. The lowest BCUT2D eigenvalue weighted by atomic mass is 9.97. The molecule has 1 atom stereocenters. The topological polar surface area (TPSA) is 32.3 Å². The minimum absolute atomic E-state index is 0.0945. The van der Waals surface area contributed by atoms with Crippen molar-refractivity contribution >= 4 is 0 Å². The number of nitrogens with one attached hydrogen (secondary N) is 1. The third-order valence-electron chi connectivity index (χ3n) is 2.18. The highest BCUT2D eigenvalue weighted by Gasteiger charge is 2.21. The van der Waals surface area contributed by atoms with Gasteiger partial charge in [-0.2, -0.15) is 0 Å². The van der Waals surface area contributed by atoms with Crippen molar-refractivity contribution in [3.05, 3.63) is 29.6 Å². The molecule has 0 saturated carbocycles. The summed E-state index contributed by atoms with van der Waals surface area (Å²) in [6.45, 7) is 0.930. The van der Waals surface area contributed by atoms with Crippen molar-refractivity contribution in [2.75, 3.05) is 6.54 Å². The molecule has 1 fully saturated rings. The molecule has 3 heteroatoms. The Kier molecular flexibility index (Phi) is 1.73. The van der Waals surface area contributed by atoms with E-state index in [2.05, 4.69) is 5.32 Å². The smallest absolute Gasteiger partial charge is 0.128 e. The molecule has 2 nitrogen and oxygen atoms in total. The second kappa shape index (κ2) is 2.75. The van der Waals surface area contributed by atoms with Crippen LogP contribution in [0.15, 0.2) is 18.2 Å². The van der Waals surface area contributed by atoms with Crippen molar-refractivity contribution in [3.8, 4) is 5.75 Å². The molecule has 0 spiro atoms. The van der Waals surface area contributed by atoms with E-state index in [1.807, 2.05) is 0 Å². The zero-order chi connectivity index (χ0) is 8.55. The summed E-state index contributed by atoms with van der Waals surface area (Å²) < 4.78 is 13.1. The number of halogens is 1. The quantitative estimate of drug-likeness (QED) is 0.665. The van der Waals surface area contributed by atoms with E-state index in [0.29, 0.717) is 5.56 Å². The van der Waals surface area contributed by atoms with E-state index >= 15 is 0 Å². The van der Waals surface area contributed by atoms with Crippen LogP contribution in [-0.2, 0) is 0 Å². The molecular weight excluding hydrogens is 157 g/mol. The van der Waals surface area contributed by atoms with E-state index in [1.54, 1.807) is 0 Å². The van der Waals surface area contributed by atoms with Crippen LogP contribution in [0.1, 0.15) is 18.0 Å². The van der Waals surface area contributed by atoms with E-state index in [0.717, 1.165) is 13.0 Å². The Morgan fingerprint density at radius 1 is 1.50 bits per heavy atom. The van der Waals surface area contributed by atoms with Gasteiger partial charge in [0, 0.05) is 11.6 Å². The summed E-state index contributed by atoms with van der Waals surface area (Å²) in [6.07, 6.45) is 0.945. The van der Waals surface area contributed by atoms with Crippen LogP contribution in [0, 0.1) is 5.82 Å². The molecule has 2 rings (SSSR count). The second-order valence-corrected chi connectivity index (χ2v) is 3.00. The van der Waals surface area contributed by atoms with Gasteiger partial charge in [0.15, 0.2) is 0 Å². The van der Waals surface area contributed by atoms with Crippen LogP contribution in [-0.4, -0.2) is 11.7 Å². The van der Waals surface area contributed by atoms with Crippen molar-refractivity contribution in [3.63, 3.8) is 0 Å². The van der Waals surface area contributed by atoms with Crippen molar-refractivity contribution in [1.29, 1.82) is 0 Å². The summed E-state index contributed by atoms with van der Waals surface area (Å²) in [4.78, 5) is 0. The Morgan fingerprint density at radius 2 is 2.25 bits per heavy atom. The minimum atomic E-state index is -0.245. The fourth-order valence-corrected chi connectivity index (χ4v) is 1.35. The van der Waals surface area contributed by atoms with Crippen molar-refractivity contribution < 1.29 is 9.50 Å². The third kappa shape index (κ3) is 1.16. The van der Waals surface area contributed by atoms with Crippen LogP contribution in [0.4, 0.5) is 4.39 Å². The largest absolute Gasteiger partial charge is 0.508 e. The molecule has 2 N–H and O–H groups in total. The van der Waals surface area contributed by atoms with Gasteiger partial charge in [-0.15, -0.1) is 0 Å². The van der Waals surface area contributed by atoms with Gasteiger partial charge < -0.3 is 10.4 Å². The summed E-state index contributed by atoms with van der Waals surface area (Å²) in [7, 11) is 0. The number of benzene rings is 1. The summed E-state index contributed by atoms with van der Waals surface area (Å²) in [6, 6.07) is 4.23. The first-order chi connectivity index (χ1) is 5.77. The number of hydrogen-bond acceptors (Lipinski definition) is 2. The lowest BCUT2D eigenvalue weighted by molar-refractivity contribution is 0.367. The summed E-state index contributed by atoms with van der Waals surface area (Å²) in [5, 5.41) is 12.2. The minimum Gasteiger partial charge on any atom is -0.508 e. The zero-order valence-corrected chi connectivity index (χ0v) is 6.55. The molecule has 64 valence electrons. The highest BCUT2D eigenvalue weighted by atomic mass is 19.1. The number of hydrogen-bond donors (Lipinski definition) is 2. The average Bonchev–Trinajstić information content (AvgIpc) is 1.93. The van der Waals surface area contributed by atoms with E-state index in [4.69, 9.17) is 5.11 Å². The third-order valence-corrected chi connectivity index (χ3v) is 2.18. The van der Waals surface area contributed by atoms with Gasteiger partial charge in [-0.1, -0.05) is 0 Å². The zero-order valence-electron chi connectivity index (χ0n) is 6.55. The monoisotopic (exact) mass is 167 g/mol. The van der Waals surface area contributed by atoms with Crippen LogP contribution >= 0.6 is 0 Å². The van der Waals surface area contributed by atoms with Crippen molar-refractivity contribution in [2.24, 2.45) is 0 Å². The summed E-state index contributed by atoms with van der Waals surface area (Å²) in [5.41, 5.74) is 0.571. The van der Waals surface area contributed by atoms with E-state index in [9.17, 15) is 4.39 Å². The molecule has 1 aliphatic rings. The number of phenols is 1. The van der Waals surface area contributed by atoms with Gasteiger partial charge in [0.05, 0.1) is 0 Å². The molecular formula is C9H10FNO. The maximum atomic E-state index is 13.1. The molecule has 0 unspecified atom stereocenters. The Hall–Kier alpha value is -1.09. The Morgan fingerprint density at radius 3 is 2.83 bits per heavy atom. The number of rotatable bonds is 1. The van der Waals surface area contributed by atoms with Crippen molar-refractivity contribution in [2.45, 2.75) is 12.5 Å². The van der Waals surface area contributed by atoms with Crippen LogP contribution in [0.5, 0.6) is 5.75 Å². The Balaban J connectivity index is 2.34. The van der Waals surface area contributed by atoms with Crippen LogP contribution < -0.4 is 5.32 Å². The van der Waals surface area contributed by atoms with Gasteiger partial charge in [0.2, 0.25) is 0 Å². The predicted molar refractivity (Wildman–Crippen MR) is 43.4 cm³/mol. The number of aromatic hydroxyl groups is 1. The van der Waals surface area contributed by atoms with Gasteiger partial charge in [-0.3, -0.25) is 0 Å².